The zero-order valence-electron chi connectivity index (χ0n) is 14.1. The molecule has 0 spiro atoms. The number of halogens is 1. The molecule has 2 heterocycles. The van der Waals surface area contributed by atoms with Crippen LogP contribution in [0.15, 0.2) is 30.3 Å². The lowest BCUT2D eigenvalue weighted by atomic mass is 9.96. The second-order valence-corrected chi connectivity index (χ2v) is 6.42. The Balaban J connectivity index is 2.01. The molecule has 1 aromatic heterocycles. The number of carbonyl (C=O) groups is 2. The molecule has 2 aromatic rings. The Bertz CT molecular complexity index is 837. The fraction of sp³-hybridized carbons (Fsp3) is 0.333. The first-order valence-electron chi connectivity index (χ1n) is 8.05. The van der Waals surface area contributed by atoms with E-state index in [0.717, 1.165) is 6.42 Å². The van der Waals surface area contributed by atoms with Gasteiger partial charge < -0.3 is 10.6 Å². The lowest BCUT2D eigenvalue weighted by molar-refractivity contribution is 0.0603. The quantitative estimate of drug-likeness (QED) is 0.926. The number of rotatable bonds is 3. The van der Waals surface area contributed by atoms with E-state index < -0.39 is 17.3 Å². The summed E-state index contributed by atoms with van der Waals surface area (Å²) in [5, 5.41) is 0. The second-order valence-electron chi connectivity index (χ2n) is 6.42. The molecule has 1 saturated heterocycles. The maximum atomic E-state index is 13.1. The molecule has 0 bridgehead atoms. The first-order chi connectivity index (χ1) is 11.8. The van der Waals surface area contributed by atoms with Crippen LogP contribution in [0.4, 0.5) is 4.39 Å². The summed E-state index contributed by atoms with van der Waals surface area (Å²) < 4.78 is 13.1. The number of aromatic nitrogens is 2. The van der Waals surface area contributed by atoms with Gasteiger partial charge in [0.2, 0.25) is 0 Å². The smallest absolute Gasteiger partial charge is 0.267 e. The van der Waals surface area contributed by atoms with Crippen LogP contribution in [0.25, 0.3) is 0 Å². The first-order valence-corrected chi connectivity index (χ1v) is 8.05. The number of aryl methyl sites for hydroxylation is 1. The molecule has 2 amide bonds. The lowest BCUT2D eigenvalue weighted by Gasteiger charge is -2.34. The molecule has 1 aromatic carbocycles. The van der Waals surface area contributed by atoms with Gasteiger partial charge in [0.25, 0.3) is 11.8 Å². The Morgan fingerprint density at radius 2 is 1.92 bits per heavy atom. The van der Waals surface area contributed by atoms with E-state index in [4.69, 9.17) is 5.73 Å². The summed E-state index contributed by atoms with van der Waals surface area (Å²) in [7, 11) is 0. The van der Waals surface area contributed by atoms with Gasteiger partial charge in [0.05, 0.1) is 0 Å². The number of carbonyl (C=O) groups excluding carboxylic acids is 2. The van der Waals surface area contributed by atoms with Crippen molar-refractivity contribution < 1.29 is 14.0 Å². The van der Waals surface area contributed by atoms with Gasteiger partial charge in [0.1, 0.15) is 17.1 Å². The zero-order valence-corrected chi connectivity index (χ0v) is 14.1. The van der Waals surface area contributed by atoms with Crippen molar-refractivity contribution in [3.63, 3.8) is 0 Å². The lowest BCUT2D eigenvalue weighted by Crippen LogP contribution is -2.44. The van der Waals surface area contributed by atoms with E-state index >= 15 is 0 Å². The summed E-state index contributed by atoms with van der Waals surface area (Å²) in [5.41, 5.74) is 5.74. The van der Waals surface area contributed by atoms with E-state index in [2.05, 4.69) is 9.97 Å². The maximum absolute atomic E-state index is 13.1. The van der Waals surface area contributed by atoms with Crippen molar-refractivity contribution >= 4 is 11.8 Å². The third-order valence-electron chi connectivity index (χ3n) is 4.57. The Labute approximate surface area is 144 Å². The average molecular weight is 342 g/mol. The largest absolute Gasteiger partial charge is 0.364 e. The molecular weight excluding hydrogens is 323 g/mol. The summed E-state index contributed by atoms with van der Waals surface area (Å²) in [4.78, 5) is 34.8. The molecule has 25 heavy (non-hydrogen) atoms. The van der Waals surface area contributed by atoms with Gasteiger partial charge in [-0.2, -0.15) is 0 Å². The third-order valence-corrected chi connectivity index (χ3v) is 4.57. The summed E-state index contributed by atoms with van der Waals surface area (Å²) in [6.45, 7) is 4.17. The molecule has 1 atom stereocenters. The van der Waals surface area contributed by atoms with Gasteiger partial charge in [0.15, 0.2) is 5.82 Å². The molecule has 6 nitrogen and oxygen atoms in total. The second kappa shape index (κ2) is 6.23. The number of hydrogen-bond donors (Lipinski definition) is 1. The number of benzene rings is 1. The molecule has 1 aliphatic rings. The molecule has 1 aliphatic heterocycles. The molecular formula is C18H19FN4O2. The van der Waals surface area contributed by atoms with Crippen molar-refractivity contribution in [3.8, 4) is 0 Å². The van der Waals surface area contributed by atoms with Gasteiger partial charge in [0, 0.05) is 17.8 Å². The van der Waals surface area contributed by atoms with Crippen LogP contribution >= 0.6 is 0 Å². The highest BCUT2D eigenvalue weighted by Crippen LogP contribution is 2.37. The number of amides is 2. The normalized spacial score (nSPS) is 19.9. The summed E-state index contributed by atoms with van der Waals surface area (Å²) in [5.74, 6) is -0.849. The van der Waals surface area contributed by atoms with Gasteiger partial charge in [-0.3, -0.25) is 9.59 Å². The Kier molecular flexibility index (Phi) is 4.24. The van der Waals surface area contributed by atoms with Gasteiger partial charge >= 0.3 is 0 Å². The Morgan fingerprint density at radius 1 is 1.24 bits per heavy atom. The van der Waals surface area contributed by atoms with E-state index in [-0.39, 0.29) is 11.6 Å². The highest BCUT2D eigenvalue weighted by molar-refractivity contribution is 5.95. The van der Waals surface area contributed by atoms with Crippen LogP contribution < -0.4 is 5.73 Å². The van der Waals surface area contributed by atoms with Crippen molar-refractivity contribution in [2.75, 3.05) is 6.54 Å². The SMILES string of the molecule is Cc1cc(C(N)=O)nc([C@@]2(C)CCCN2C(=O)c2ccc(F)cc2)n1. The van der Waals surface area contributed by atoms with Crippen LogP contribution in [-0.4, -0.2) is 33.2 Å². The minimum Gasteiger partial charge on any atom is -0.364 e. The zero-order chi connectivity index (χ0) is 18.2. The number of nitrogens with zero attached hydrogens (tertiary/aromatic N) is 3. The molecule has 1 fully saturated rings. The maximum Gasteiger partial charge on any atom is 0.267 e. The molecule has 0 aliphatic carbocycles. The summed E-state index contributed by atoms with van der Waals surface area (Å²) in [6, 6.07) is 6.96. The minimum absolute atomic E-state index is 0.129. The highest BCUT2D eigenvalue weighted by atomic mass is 19.1. The third kappa shape index (κ3) is 3.09. The van der Waals surface area contributed by atoms with Crippen LogP contribution in [0.1, 0.15) is 52.1 Å². The van der Waals surface area contributed by atoms with E-state index in [1.807, 2.05) is 6.92 Å². The Morgan fingerprint density at radius 3 is 2.56 bits per heavy atom. The predicted molar refractivity (Wildman–Crippen MR) is 89.3 cm³/mol. The minimum atomic E-state index is -0.748. The van der Waals surface area contributed by atoms with Crippen molar-refractivity contribution in [3.05, 3.63) is 58.9 Å². The van der Waals surface area contributed by atoms with Crippen molar-refractivity contribution in [1.29, 1.82) is 0 Å². The summed E-state index contributed by atoms with van der Waals surface area (Å²) in [6.07, 6.45) is 1.45. The Hall–Kier alpha value is -2.83. The monoisotopic (exact) mass is 342 g/mol. The highest BCUT2D eigenvalue weighted by Gasteiger charge is 2.44. The van der Waals surface area contributed by atoms with Crippen LogP contribution in [0.5, 0.6) is 0 Å². The molecule has 2 N–H and O–H groups in total. The van der Waals surface area contributed by atoms with Gasteiger partial charge in [-0.1, -0.05) is 0 Å². The molecule has 3 rings (SSSR count). The van der Waals surface area contributed by atoms with Gasteiger partial charge in [-0.25, -0.2) is 14.4 Å². The van der Waals surface area contributed by atoms with E-state index in [1.54, 1.807) is 11.8 Å². The van der Waals surface area contributed by atoms with Crippen LogP contribution in [-0.2, 0) is 5.54 Å². The van der Waals surface area contributed by atoms with Crippen LogP contribution in [0, 0.1) is 12.7 Å². The van der Waals surface area contributed by atoms with E-state index in [0.29, 0.717) is 30.0 Å². The summed E-state index contributed by atoms with van der Waals surface area (Å²) >= 11 is 0. The molecule has 7 heteroatoms. The topological polar surface area (TPSA) is 89.2 Å². The molecule has 0 radical (unpaired) electrons. The number of nitrogens with two attached hydrogens (primary N) is 1. The van der Waals surface area contributed by atoms with Crippen molar-refractivity contribution in [2.45, 2.75) is 32.2 Å². The first kappa shape index (κ1) is 17.0. The van der Waals surface area contributed by atoms with Gasteiger partial charge in [-0.05, 0) is 57.0 Å². The molecule has 0 unspecified atom stereocenters. The molecule has 130 valence electrons. The average Bonchev–Trinajstić information content (AvgIpc) is 2.97. The van der Waals surface area contributed by atoms with Gasteiger partial charge in [-0.15, -0.1) is 0 Å². The number of hydrogen-bond acceptors (Lipinski definition) is 4. The van der Waals surface area contributed by atoms with E-state index in [9.17, 15) is 14.0 Å². The fourth-order valence-electron chi connectivity index (χ4n) is 3.21. The number of primary amides is 1. The van der Waals surface area contributed by atoms with Crippen LogP contribution in [0.3, 0.4) is 0 Å². The number of likely N-dealkylation sites (tertiary alicyclic amines) is 1. The van der Waals surface area contributed by atoms with Crippen molar-refractivity contribution in [2.24, 2.45) is 5.73 Å². The predicted octanol–water partition coefficient (Wildman–Crippen LogP) is 2.17. The van der Waals surface area contributed by atoms with E-state index in [1.165, 1.54) is 30.3 Å². The van der Waals surface area contributed by atoms with Crippen LogP contribution in [0.2, 0.25) is 0 Å². The fourth-order valence-corrected chi connectivity index (χ4v) is 3.21. The molecule has 0 saturated carbocycles. The standard InChI is InChI=1S/C18H19FN4O2/c1-11-10-14(15(20)24)22-17(21-11)18(2)8-3-9-23(18)16(25)12-4-6-13(19)7-5-12/h4-7,10H,3,8-9H2,1-2H3,(H2,20,24)/t18-/m1/s1. The van der Waals surface area contributed by atoms with Crippen molar-refractivity contribution in [1.82, 2.24) is 14.9 Å².